The van der Waals surface area contributed by atoms with Crippen molar-refractivity contribution in [2.24, 2.45) is 0 Å². The third-order valence-corrected chi connectivity index (χ3v) is 2.80. The highest BCUT2D eigenvalue weighted by Gasteiger charge is 2.31. The lowest BCUT2D eigenvalue weighted by Gasteiger charge is -2.15. The van der Waals surface area contributed by atoms with E-state index < -0.39 is 4.92 Å². The highest BCUT2D eigenvalue weighted by Crippen LogP contribution is 2.39. The van der Waals surface area contributed by atoms with Gasteiger partial charge in [0.1, 0.15) is 0 Å². The molecule has 1 aliphatic rings. The maximum Gasteiger partial charge on any atom is 0.330 e. The molecule has 9 nitrogen and oxygen atoms in total. The fourth-order valence-corrected chi connectivity index (χ4v) is 1.93. The number of benzene rings is 1. The first-order chi connectivity index (χ1) is 9.18. The zero-order chi connectivity index (χ0) is 13.4. The van der Waals surface area contributed by atoms with E-state index >= 15 is 0 Å². The summed E-state index contributed by atoms with van der Waals surface area (Å²) in [4.78, 5) is 10.4. The summed E-state index contributed by atoms with van der Waals surface area (Å²) in [7, 11) is 0. The van der Waals surface area contributed by atoms with Crippen molar-refractivity contribution in [3.05, 3.63) is 21.4 Å². The van der Waals surface area contributed by atoms with E-state index in [1.165, 1.54) is 6.07 Å². The molecular weight excluding hydrogens is 258 g/mol. The van der Waals surface area contributed by atoms with E-state index in [-0.39, 0.29) is 33.1 Å². The lowest BCUT2D eigenvalue weighted by atomic mass is 10.2. The number of aromatic nitrogens is 2. The molecule has 0 saturated carbocycles. The molecule has 0 aliphatic carbocycles. The molecule has 1 aromatic heterocycles. The molecule has 0 saturated heterocycles. The molecule has 19 heavy (non-hydrogen) atoms. The second kappa shape index (κ2) is 4.26. The lowest BCUT2D eigenvalue weighted by Crippen LogP contribution is -2.24. The number of hydrogen-bond acceptors (Lipinski definition) is 7. The Morgan fingerprint density at radius 3 is 2.79 bits per heavy atom. The summed E-state index contributed by atoms with van der Waals surface area (Å²) in [5.74, 6) is 0.295. The van der Waals surface area contributed by atoms with Crippen LogP contribution in [-0.4, -0.2) is 23.3 Å². The van der Waals surface area contributed by atoms with Crippen LogP contribution in [0.2, 0.25) is 0 Å². The maximum atomic E-state index is 11.6. The van der Waals surface area contributed by atoms with Gasteiger partial charge in [-0.25, -0.2) is 0 Å². The third kappa shape index (κ3) is 1.79. The SMILES string of the molecule is O=[N+]([O-])c1cc2c(c3c1no[n+]3[O-])OCCCCO2. The normalized spacial score (nSPS) is 14.9. The zero-order valence-electron chi connectivity index (χ0n) is 9.70. The van der Waals surface area contributed by atoms with Crippen LogP contribution in [0.3, 0.4) is 0 Å². The highest BCUT2D eigenvalue weighted by atomic mass is 16.8. The fourth-order valence-electron chi connectivity index (χ4n) is 1.93. The van der Waals surface area contributed by atoms with Gasteiger partial charge in [0.25, 0.3) is 5.52 Å². The molecule has 0 spiro atoms. The average Bonchev–Trinajstić information content (AvgIpc) is 2.71. The minimum Gasteiger partial charge on any atom is -0.489 e. The molecule has 2 heterocycles. The summed E-state index contributed by atoms with van der Waals surface area (Å²) < 4.78 is 15.3. The molecular formula is C10H9N3O6. The topological polar surface area (TPSA) is 115 Å². The van der Waals surface area contributed by atoms with Gasteiger partial charge in [-0.3, -0.25) is 14.7 Å². The predicted octanol–water partition coefficient (Wildman–Crippen LogP) is 0.921. The molecule has 0 radical (unpaired) electrons. The minimum absolute atomic E-state index is 0.0894. The van der Waals surface area contributed by atoms with Crippen LogP contribution in [0.25, 0.3) is 11.0 Å². The molecule has 100 valence electrons. The Balaban J connectivity index is 2.30. The number of nitrogens with zero attached hydrogens (tertiary/aromatic N) is 3. The van der Waals surface area contributed by atoms with E-state index in [2.05, 4.69) is 9.79 Å². The first-order valence-corrected chi connectivity index (χ1v) is 5.65. The summed E-state index contributed by atoms with van der Waals surface area (Å²) in [6.45, 7) is 0.803. The van der Waals surface area contributed by atoms with Crippen molar-refractivity contribution in [2.45, 2.75) is 12.8 Å². The summed E-state index contributed by atoms with van der Waals surface area (Å²) in [6.07, 6.45) is 1.54. The van der Waals surface area contributed by atoms with E-state index in [1.807, 2.05) is 0 Å². The molecule has 0 fully saturated rings. The van der Waals surface area contributed by atoms with Crippen LogP contribution in [0.15, 0.2) is 10.7 Å². The van der Waals surface area contributed by atoms with Crippen molar-refractivity contribution in [1.29, 1.82) is 0 Å². The van der Waals surface area contributed by atoms with Crippen molar-refractivity contribution in [3.8, 4) is 11.5 Å². The Hall–Kier alpha value is -2.58. The van der Waals surface area contributed by atoms with Gasteiger partial charge >= 0.3 is 11.2 Å². The van der Waals surface area contributed by atoms with Crippen LogP contribution < -0.4 is 14.4 Å². The van der Waals surface area contributed by atoms with Gasteiger partial charge in [0.15, 0.2) is 5.75 Å². The van der Waals surface area contributed by atoms with E-state index in [0.717, 1.165) is 12.8 Å². The second-order valence-electron chi connectivity index (χ2n) is 4.01. The van der Waals surface area contributed by atoms with E-state index in [4.69, 9.17) is 9.47 Å². The van der Waals surface area contributed by atoms with Crippen LogP contribution in [-0.2, 0) is 0 Å². The molecule has 9 heteroatoms. The highest BCUT2D eigenvalue weighted by molar-refractivity contribution is 5.89. The summed E-state index contributed by atoms with van der Waals surface area (Å²) >= 11 is 0. The van der Waals surface area contributed by atoms with Gasteiger partial charge in [-0.15, -0.1) is 0 Å². The van der Waals surface area contributed by atoms with Gasteiger partial charge in [0.05, 0.1) is 29.4 Å². The van der Waals surface area contributed by atoms with Crippen molar-refractivity contribution in [2.75, 3.05) is 13.2 Å². The Bertz CT molecular complexity index is 652. The molecule has 0 bridgehead atoms. The quantitative estimate of drug-likeness (QED) is 0.428. The van der Waals surface area contributed by atoms with Crippen molar-refractivity contribution >= 4 is 16.7 Å². The molecule has 0 N–H and O–H groups in total. The summed E-state index contributed by atoms with van der Waals surface area (Å²) in [5, 5.41) is 25.9. The van der Waals surface area contributed by atoms with Gasteiger partial charge in [-0.05, 0) is 17.7 Å². The van der Waals surface area contributed by atoms with Crippen LogP contribution in [0.4, 0.5) is 5.69 Å². The summed E-state index contributed by atoms with van der Waals surface area (Å²) in [5.41, 5.74) is -0.620. The number of nitro benzene ring substituents is 1. The first kappa shape index (κ1) is 11.5. The largest absolute Gasteiger partial charge is 0.489 e. The lowest BCUT2D eigenvalue weighted by molar-refractivity contribution is -0.782. The number of fused-ring (bicyclic) bond motifs is 3. The van der Waals surface area contributed by atoms with Gasteiger partial charge in [-0.2, -0.15) is 0 Å². The Kier molecular flexibility index (Phi) is 2.58. The monoisotopic (exact) mass is 267 g/mol. The third-order valence-electron chi connectivity index (χ3n) is 2.80. The van der Waals surface area contributed by atoms with E-state index in [9.17, 15) is 15.3 Å². The van der Waals surface area contributed by atoms with Gasteiger partial charge < -0.3 is 14.7 Å². The number of hydrogen-bond donors (Lipinski definition) is 0. The molecule has 1 aromatic carbocycles. The zero-order valence-corrected chi connectivity index (χ0v) is 9.70. The number of non-ortho nitro benzene ring substituents is 1. The van der Waals surface area contributed by atoms with Crippen molar-refractivity contribution in [3.63, 3.8) is 0 Å². The number of rotatable bonds is 1. The van der Waals surface area contributed by atoms with Crippen LogP contribution in [0, 0.1) is 15.3 Å². The first-order valence-electron chi connectivity index (χ1n) is 5.65. The summed E-state index contributed by atoms with van der Waals surface area (Å²) in [6, 6.07) is 1.20. The molecule has 2 aromatic rings. The Labute approximate surface area is 106 Å². The Morgan fingerprint density at radius 2 is 2.05 bits per heavy atom. The molecule has 0 amide bonds. The molecule has 1 aliphatic heterocycles. The van der Waals surface area contributed by atoms with Crippen molar-refractivity contribution in [1.82, 2.24) is 5.16 Å². The van der Waals surface area contributed by atoms with Gasteiger partial charge in [0.2, 0.25) is 5.75 Å². The van der Waals surface area contributed by atoms with Crippen molar-refractivity contribution < 1.29 is 23.9 Å². The standard InChI is InChI=1S/C10H9N3O6/c14-12(15)6-5-7-10(18-4-2-1-3-17-7)9-8(6)11-19-13(9)16/h5H,1-4H2. The smallest absolute Gasteiger partial charge is 0.330 e. The van der Waals surface area contributed by atoms with Crippen LogP contribution in [0.5, 0.6) is 11.5 Å². The Morgan fingerprint density at radius 1 is 1.32 bits per heavy atom. The number of nitro groups is 1. The number of ether oxygens (including phenoxy) is 2. The fraction of sp³-hybridized carbons (Fsp3) is 0.400. The molecule has 0 atom stereocenters. The molecule has 0 unspecified atom stereocenters. The van der Waals surface area contributed by atoms with Gasteiger partial charge in [-0.1, -0.05) is 0 Å². The maximum absolute atomic E-state index is 11.6. The van der Waals surface area contributed by atoms with Gasteiger partial charge in [0, 0.05) is 0 Å². The minimum atomic E-state index is -0.646. The van der Waals surface area contributed by atoms with E-state index in [1.54, 1.807) is 0 Å². The second-order valence-corrected chi connectivity index (χ2v) is 4.01. The van der Waals surface area contributed by atoms with Crippen LogP contribution in [0.1, 0.15) is 12.8 Å². The molecule has 3 rings (SSSR count). The van der Waals surface area contributed by atoms with E-state index in [0.29, 0.717) is 13.2 Å². The predicted molar refractivity (Wildman–Crippen MR) is 59.8 cm³/mol. The van der Waals surface area contributed by atoms with Crippen LogP contribution >= 0.6 is 0 Å². The average molecular weight is 267 g/mol.